The molecule has 0 unspecified atom stereocenters. The van der Waals surface area contributed by atoms with E-state index in [1.165, 1.54) is 36.4 Å². The van der Waals surface area contributed by atoms with Crippen molar-refractivity contribution in [3.05, 3.63) is 141 Å². The fourth-order valence-electron chi connectivity index (χ4n) is 6.76. The van der Waals surface area contributed by atoms with Crippen molar-refractivity contribution in [3.63, 3.8) is 0 Å². The van der Waals surface area contributed by atoms with Gasteiger partial charge < -0.3 is 46.1 Å². The predicted octanol–water partition coefficient (Wildman–Crippen LogP) is 3.61. The van der Waals surface area contributed by atoms with E-state index < -0.39 is 17.7 Å². The van der Waals surface area contributed by atoms with Gasteiger partial charge in [0.1, 0.15) is 11.5 Å². The lowest BCUT2D eigenvalue weighted by atomic mass is 9.86. The van der Waals surface area contributed by atoms with Crippen LogP contribution >= 0.6 is 0 Å². The first kappa shape index (κ1) is 37.7. The average molecular weight is 735 g/mol. The molecule has 1 aliphatic rings. The Morgan fingerprint density at radius 2 is 1.52 bits per heavy atom. The van der Waals surface area contributed by atoms with Crippen LogP contribution in [0.5, 0.6) is 11.5 Å². The molecule has 0 bridgehead atoms. The molecule has 13 nitrogen and oxygen atoms in total. The van der Waals surface area contributed by atoms with Crippen LogP contribution in [0.1, 0.15) is 64.4 Å². The lowest BCUT2D eigenvalue weighted by Gasteiger charge is -2.29. The van der Waals surface area contributed by atoms with E-state index in [0.717, 1.165) is 5.56 Å². The van der Waals surface area contributed by atoms with Crippen LogP contribution in [0.4, 0.5) is 0 Å². The summed E-state index contributed by atoms with van der Waals surface area (Å²) in [4.78, 5) is 52.1. The first-order valence-corrected chi connectivity index (χ1v) is 17.7. The topological polar surface area (TPSA) is 210 Å². The summed E-state index contributed by atoms with van der Waals surface area (Å²) in [6, 6.07) is 27.1. The highest BCUT2D eigenvalue weighted by molar-refractivity contribution is 5.94. The van der Waals surface area contributed by atoms with Gasteiger partial charge in [0.25, 0.3) is 11.8 Å². The number of aromatic amines is 1. The van der Waals surface area contributed by atoms with Gasteiger partial charge in [-0.05, 0) is 78.8 Å². The number of nitrogens with one attached hydrogen (secondary N) is 4. The standard InChI is InChI=1S/C41H42N4O9/c46-34-19-17-32(33-18-20-36(48)45-38(33)34)35(47)23-42-22-25-9-11-26(12-10-25)39(50)44-30-15-13-29(14-16-30)43-37(49)24-54-31-8-4-7-28(21-31)41(53,40(51)52)27-5-2-1-3-6-27/h1-12,17-21,29-30,35,42,46-47,53H,13-16,22-24H2,(H,43,49)(H,44,50)(H,45,48)(H,51,52)/t29-,30-,35-,41-/m0/s1. The molecule has 1 aliphatic carbocycles. The van der Waals surface area contributed by atoms with Crippen molar-refractivity contribution in [1.82, 2.24) is 20.9 Å². The van der Waals surface area contributed by atoms with Crippen molar-refractivity contribution in [3.8, 4) is 11.5 Å². The largest absolute Gasteiger partial charge is 0.506 e. The second kappa shape index (κ2) is 16.8. The van der Waals surface area contributed by atoms with Gasteiger partial charge in [-0.3, -0.25) is 14.4 Å². The summed E-state index contributed by atoms with van der Waals surface area (Å²) >= 11 is 0. The molecule has 1 heterocycles. The number of aliphatic hydroxyl groups excluding tert-OH is 1. The quantitative estimate of drug-likeness (QED) is 0.0831. The van der Waals surface area contributed by atoms with Crippen molar-refractivity contribution in [2.24, 2.45) is 0 Å². The van der Waals surface area contributed by atoms with Gasteiger partial charge >= 0.3 is 5.97 Å². The molecule has 1 aromatic heterocycles. The normalized spacial score (nSPS) is 17.2. The highest BCUT2D eigenvalue weighted by Gasteiger charge is 2.40. The highest BCUT2D eigenvalue weighted by atomic mass is 16.5. The van der Waals surface area contributed by atoms with Crippen molar-refractivity contribution >= 4 is 28.7 Å². The summed E-state index contributed by atoms with van der Waals surface area (Å²) < 4.78 is 5.66. The number of hydrogen-bond acceptors (Lipinski definition) is 9. The molecule has 0 radical (unpaired) electrons. The molecule has 8 N–H and O–H groups in total. The van der Waals surface area contributed by atoms with E-state index in [9.17, 15) is 39.6 Å². The van der Waals surface area contributed by atoms with Gasteiger partial charge in [-0.2, -0.15) is 0 Å². The van der Waals surface area contributed by atoms with Gasteiger partial charge in [0, 0.05) is 47.8 Å². The number of benzene rings is 4. The third-order valence-electron chi connectivity index (χ3n) is 9.70. The zero-order valence-electron chi connectivity index (χ0n) is 29.3. The number of phenolic OH excluding ortho intramolecular Hbond substituents is 1. The van der Waals surface area contributed by atoms with E-state index in [2.05, 4.69) is 20.9 Å². The number of hydrogen-bond donors (Lipinski definition) is 8. The highest BCUT2D eigenvalue weighted by Crippen LogP contribution is 2.32. The summed E-state index contributed by atoms with van der Waals surface area (Å²) in [5, 5.41) is 51.7. The Bertz CT molecular complexity index is 2170. The molecule has 0 spiro atoms. The van der Waals surface area contributed by atoms with Crippen molar-refractivity contribution in [1.29, 1.82) is 0 Å². The maximum absolute atomic E-state index is 13.0. The first-order valence-electron chi connectivity index (χ1n) is 17.7. The minimum atomic E-state index is -2.29. The van der Waals surface area contributed by atoms with E-state index in [-0.39, 0.29) is 70.8 Å². The van der Waals surface area contributed by atoms with E-state index in [0.29, 0.717) is 48.7 Å². The fourth-order valence-corrected chi connectivity index (χ4v) is 6.76. The molecule has 13 heteroatoms. The minimum absolute atomic E-state index is 0.0427. The van der Waals surface area contributed by atoms with Crippen LogP contribution in [0.3, 0.4) is 0 Å². The number of carboxylic acids is 1. The summed E-state index contributed by atoms with van der Waals surface area (Å²) in [5.41, 5.74) is -0.0639. The number of carbonyl (C=O) groups excluding carboxylic acids is 2. The molecule has 280 valence electrons. The Labute approximate surface area is 310 Å². The predicted molar refractivity (Wildman–Crippen MR) is 200 cm³/mol. The lowest BCUT2D eigenvalue weighted by molar-refractivity contribution is -0.155. The molecule has 0 aliphatic heterocycles. The smallest absolute Gasteiger partial charge is 0.345 e. The number of H-pyrrole nitrogens is 1. The molecule has 2 amide bonds. The van der Waals surface area contributed by atoms with Gasteiger partial charge in [0.15, 0.2) is 6.61 Å². The zero-order valence-corrected chi connectivity index (χ0v) is 29.3. The molecule has 1 saturated carbocycles. The van der Waals surface area contributed by atoms with Crippen LogP contribution in [0.2, 0.25) is 0 Å². The molecule has 6 rings (SSSR count). The van der Waals surface area contributed by atoms with Crippen LogP contribution in [0.25, 0.3) is 10.9 Å². The number of amides is 2. The molecule has 2 atom stereocenters. The maximum Gasteiger partial charge on any atom is 0.345 e. The average Bonchev–Trinajstić information content (AvgIpc) is 3.18. The Morgan fingerprint density at radius 3 is 2.22 bits per heavy atom. The van der Waals surface area contributed by atoms with E-state index in [4.69, 9.17) is 4.74 Å². The van der Waals surface area contributed by atoms with E-state index in [1.807, 2.05) is 12.1 Å². The second-order valence-electron chi connectivity index (χ2n) is 13.4. The molecule has 54 heavy (non-hydrogen) atoms. The van der Waals surface area contributed by atoms with Crippen LogP contribution in [-0.4, -0.2) is 68.4 Å². The SMILES string of the molecule is O=C(COc1cccc([C@](O)(C(=O)O)c2ccccc2)c1)N[C@H]1CC[C@H](NC(=O)c2ccc(CNC[C@H](O)c3ccc(O)c4[nH]c(=O)ccc34)cc2)CC1. The number of fused-ring (bicyclic) bond motifs is 1. The number of rotatable bonds is 14. The van der Waals surface area contributed by atoms with Crippen molar-refractivity contribution in [2.45, 2.75) is 56.0 Å². The van der Waals surface area contributed by atoms with Crippen molar-refractivity contribution < 1.29 is 39.5 Å². The zero-order chi connectivity index (χ0) is 38.2. The molecule has 0 saturated heterocycles. The van der Waals surface area contributed by atoms with Gasteiger partial charge in [-0.25, -0.2) is 4.79 Å². The lowest BCUT2D eigenvalue weighted by Crippen LogP contribution is -2.44. The number of aliphatic carboxylic acids is 1. The third kappa shape index (κ3) is 8.77. The number of phenols is 1. The number of carboxylic acid groups (broad SMARTS) is 1. The van der Waals surface area contributed by atoms with Crippen molar-refractivity contribution in [2.75, 3.05) is 13.2 Å². The van der Waals surface area contributed by atoms with Crippen LogP contribution < -0.4 is 26.2 Å². The Morgan fingerprint density at radius 1 is 0.833 bits per heavy atom. The monoisotopic (exact) mass is 734 g/mol. The minimum Gasteiger partial charge on any atom is -0.506 e. The van der Waals surface area contributed by atoms with Gasteiger partial charge in [0.2, 0.25) is 11.2 Å². The number of ether oxygens (including phenoxy) is 1. The molecule has 5 aromatic rings. The van der Waals surface area contributed by atoms with E-state index in [1.54, 1.807) is 54.6 Å². The van der Waals surface area contributed by atoms with Gasteiger partial charge in [-0.1, -0.05) is 60.7 Å². The Balaban J connectivity index is 0.918. The van der Waals surface area contributed by atoms with Gasteiger partial charge in [0.05, 0.1) is 11.6 Å². The van der Waals surface area contributed by atoms with Crippen LogP contribution in [-0.2, 0) is 21.7 Å². The second-order valence-corrected chi connectivity index (χ2v) is 13.4. The summed E-state index contributed by atoms with van der Waals surface area (Å²) in [7, 11) is 0. The number of aromatic hydroxyl groups is 1. The molecular formula is C41H42N4O9. The third-order valence-corrected chi connectivity index (χ3v) is 9.70. The fraction of sp³-hybridized carbons (Fsp3) is 0.268. The Hall–Kier alpha value is -6.02. The number of carbonyl (C=O) groups is 3. The van der Waals surface area contributed by atoms with Crippen LogP contribution in [0, 0.1) is 0 Å². The Kier molecular flexibility index (Phi) is 11.7. The number of pyridine rings is 1. The molecular weight excluding hydrogens is 692 g/mol. The first-order chi connectivity index (χ1) is 26.0. The number of aromatic nitrogens is 1. The van der Waals surface area contributed by atoms with Gasteiger partial charge in [-0.15, -0.1) is 0 Å². The van der Waals surface area contributed by atoms with Crippen LogP contribution in [0.15, 0.2) is 108 Å². The molecule has 1 fully saturated rings. The van der Waals surface area contributed by atoms with E-state index >= 15 is 0 Å². The summed E-state index contributed by atoms with van der Waals surface area (Å²) in [6.45, 7) is 0.378. The summed E-state index contributed by atoms with van der Waals surface area (Å²) in [5.74, 6) is -1.79. The maximum atomic E-state index is 13.0. The number of aliphatic hydroxyl groups is 2. The molecule has 4 aromatic carbocycles. The summed E-state index contributed by atoms with van der Waals surface area (Å²) in [6.07, 6.45) is 1.82.